The number of carbonyl (C=O) groups excluding carboxylic acids is 1. The molecule has 5 heteroatoms. The molecule has 0 heterocycles. The van der Waals surface area contributed by atoms with Gasteiger partial charge in [0.1, 0.15) is 5.82 Å². The maximum absolute atomic E-state index is 14.0. The molecule has 1 saturated carbocycles. The maximum Gasteiger partial charge on any atom is 0.230 e. The highest BCUT2D eigenvalue weighted by Gasteiger charge is 2.52. The molecule has 1 fully saturated rings. The fourth-order valence-corrected chi connectivity index (χ4v) is 3.12. The monoisotopic (exact) mass is 343 g/mol. The van der Waals surface area contributed by atoms with Gasteiger partial charge in [0.25, 0.3) is 0 Å². The van der Waals surface area contributed by atoms with Gasteiger partial charge in [0.2, 0.25) is 5.91 Å². The number of carbonyl (C=O) groups is 1. The summed E-state index contributed by atoms with van der Waals surface area (Å²) in [6.45, 7) is 0.491. The van der Waals surface area contributed by atoms with Crippen LogP contribution in [0.15, 0.2) is 42.5 Å². The standard InChI is InChI=1S/C20H22FNO3/c1-24-17-8-7-14(13-18(17)25-2)9-12-22-19(23)20(10-11-20)15-5-3-4-6-16(15)21/h3-8,13H,9-12H2,1-2H3,(H,22,23). The molecule has 0 aromatic heterocycles. The van der Waals surface area contributed by atoms with Crippen LogP contribution in [0.4, 0.5) is 4.39 Å². The van der Waals surface area contributed by atoms with Crippen LogP contribution in [0.25, 0.3) is 0 Å². The van der Waals surface area contributed by atoms with Crippen LogP contribution >= 0.6 is 0 Å². The topological polar surface area (TPSA) is 47.6 Å². The summed E-state index contributed by atoms with van der Waals surface area (Å²) >= 11 is 0. The highest BCUT2D eigenvalue weighted by atomic mass is 19.1. The fraction of sp³-hybridized carbons (Fsp3) is 0.350. The summed E-state index contributed by atoms with van der Waals surface area (Å²) in [5.41, 5.74) is 0.843. The second-order valence-corrected chi connectivity index (χ2v) is 6.26. The summed E-state index contributed by atoms with van der Waals surface area (Å²) in [5, 5.41) is 2.95. The minimum absolute atomic E-state index is 0.0990. The highest BCUT2D eigenvalue weighted by molar-refractivity contribution is 5.91. The summed E-state index contributed by atoms with van der Waals surface area (Å²) in [6.07, 6.45) is 2.05. The Hall–Kier alpha value is -2.56. The molecule has 0 unspecified atom stereocenters. The molecule has 3 rings (SSSR count). The van der Waals surface area contributed by atoms with E-state index < -0.39 is 5.41 Å². The fourth-order valence-electron chi connectivity index (χ4n) is 3.12. The first-order chi connectivity index (χ1) is 12.1. The molecule has 1 amide bonds. The van der Waals surface area contributed by atoms with Gasteiger partial charge >= 0.3 is 0 Å². The number of rotatable bonds is 7. The van der Waals surface area contributed by atoms with Gasteiger partial charge in [-0.3, -0.25) is 4.79 Å². The second-order valence-electron chi connectivity index (χ2n) is 6.26. The van der Waals surface area contributed by atoms with E-state index in [0.717, 1.165) is 5.56 Å². The van der Waals surface area contributed by atoms with Gasteiger partial charge in [-0.2, -0.15) is 0 Å². The second kappa shape index (κ2) is 7.13. The van der Waals surface area contributed by atoms with Crippen molar-refractivity contribution in [1.82, 2.24) is 5.32 Å². The molecule has 0 spiro atoms. The predicted octanol–water partition coefficient (Wildman–Crippen LogP) is 3.23. The molecule has 25 heavy (non-hydrogen) atoms. The predicted molar refractivity (Wildman–Crippen MR) is 93.6 cm³/mol. The quantitative estimate of drug-likeness (QED) is 0.840. The number of halogens is 1. The highest BCUT2D eigenvalue weighted by Crippen LogP contribution is 2.49. The first kappa shape index (κ1) is 17.3. The van der Waals surface area contributed by atoms with Gasteiger partial charge in [-0.25, -0.2) is 4.39 Å². The molecule has 0 saturated heterocycles. The normalized spacial score (nSPS) is 14.7. The van der Waals surface area contributed by atoms with Crippen LogP contribution in [-0.4, -0.2) is 26.7 Å². The Morgan fingerprint density at radius 3 is 2.48 bits per heavy atom. The molecular weight excluding hydrogens is 321 g/mol. The zero-order valence-electron chi connectivity index (χ0n) is 14.5. The van der Waals surface area contributed by atoms with Crippen LogP contribution in [-0.2, 0) is 16.6 Å². The molecule has 1 N–H and O–H groups in total. The first-order valence-electron chi connectivity index (χ1n) is 8.35. The van der Waals surface area contributed by atoms with Gasteiger partial charge in [-0.05, 0) is 43.0 Å². The molecule has 1 aliphatic rings. The third-order valence-electron chi connectivity index (χ3n) is 4.72. The third-order valence-corrected chi connectivity index (χ3v) is 4.72. The zero-order valence-corrected chi connectivity index (χ0v) is 14.5. The summed E-state index contributed by atoms with van der Waals surface area (Å²) in [5.74, 6) is 0.927. The average Bonchev–Trinajstić information content (AvgIpc) is 3.43. The van der Waals surface area contributed by atoms with Crippen molar-refractivity contribution in [3.8, 4) is 11.5 Å². The van der Waals surface area contributed by atoms with Crippen LogP contribution in [0.2, 0.25) is 0 Å². The van der Waals surface area contributed by atoms with E-state index in [4.69, 9.17) is 9.47 Å². The number of ether oxygens (including phenoxy) is 2. The number of benzene rings is 2. The molecule has 0 radical (unpaired) electrons. The van der Waals surface area contributed by atoms with Crippen molar-refractivity contribution >= 4 is 5.91 Å². The summed E-state index contributed by atoms with van der Waals surface area (Å²) in [7, 11) is 3.18. The van der Waals surface area contributed by atoms with E-state index in [1.165, 1.54) is 6.07 Å². The summed E-state index contributed by atoms with van der Waals surface area (Å²) < 4.78 is 24.5. The Morgan fingerprint density at radius 1 is 1.12 bits per heavy atom. The molecule has 4 nitrogen and oxygen atoms in total. The molecule has 2 aromatic carbocycles. The lowest BCUT2D eigenvalue weighted by atomic mass is 9.94. The molecule has 1 aliphatic carbocycles. The lowest BCUT2D eigenvalue weighted by molar-refractivity contribution is -0.123. The lowest BCUT2D eigenvalue weighted by Crippen LogP contribution is -2.36. The third kappa shape index (κ3) is 3.45. The van der Waals surface area contributed by atoms with E-state index in [2.05, 4.69) is 5.32 Å². The molecular formula is C20H22FNO3. The Bertz CT molecular complexity index is 771. The van der Waals surface area contributed by atoms with Crippen molar-refractivity contribution in [1.29, 1.82) is 0 Å². The van der Waals surface area contributed by atoms with Gasteiger partial charge in [0.15, 0.2) is 11.5 Å². The number of methoxy groups -OCH3 is 2. The maximum atomic E-state index is 14.0. The number of nitrogens with one attached hydrogen (secondary N) is 1. The minimum atomic E-state index is -0.692. The van der Waals surface area contributed by atoms with Gasteiger partial charge < -0.3 is 14.8 Å². The van der Waals surface area contributed by atoms with Crippen molar-refractivity contribution in [3.05, 3.63) is 59.4 Å². The van der Waals surface area contributed by atoms with Crippen LogP contribution < -0.4 is 14.8 Å². The molecule has 0 atom stereocenters. The molecule has 2 aromatic rings. The molecule has 132 valence electrons. The van der Waals surface area contributed by atoms with Gasteiger partial charge in [0.05, 0.1) is 19.6 Å². The zero-order chi connectivity index (χ0) is 17.9. The molecule has 0 aliphatic heterocycles. The Morgan fingerprint density at radius 2 is 1.84 bits per heavy atom. The van der Waals surface area contributed by atoms with Gasteiger partial charge in [-0.1, -0.05) is 24.3 Å². The van der Waals surface area contributed by atoms with E-state index in [1.807, 2.05) is 18.2 Å². The van der Waals surface area contributed by atoms with Crippen molar-refractivity contribution in [2.24, 2.45) is 0 Å². The SMILES string of the molecule is COc1ccc(CCNC(=O)C2(c3ccccc3F)CC2)cc1OC. The number of hydrogen-bond donors (Lipinski definition) is 1. The van der Waals surface area contributed by atoms with Crippen molar-refractivity contribution in [2.75, 3.05) is 20.8 Å². The van der Waals surface area contributed by atoms with Crippen molar-refractivity contribution in [3.63, 3.8) is 0 Å². The molecule has 0 bridgehead atoms. The van der Waals surface area contributed by atoms with Gasteiger partial charge in [0, 0.05) is 12.1 Å². The smallest absolute Gasteiger partial charge is 0.230 e. The van der Waals surface area contributed by atoms with Crippen LogP contribution in [0.1, 0.15) is 24.0 Å². The van der Waals surface area contributed by atoms with Crippen molar-refractivity contribution in [2.45, 2.75) is 24.7 Å². The van der Waals surface area contributed by atoms with E-state index in [1.54, 1.807) is 32.4 Å². The average molecular weight is 343 g/mol. The van der Waals surface area contributed by atoms with Crippen LogP contribution in [0.3, 0.4) is 0 Å². The largest absolute Gasteiger partial charge is 0.493 e. The Balaban J connectivity index is 1.61. The minimum Gasteiger partial charge on any atom is -0.493 e. The van der Waals surface area contributed by atoms with Crippen LogP contribution in [0, 0.1) is 5.82 Å². The Kier molecular flexibility index (Phi) is 4.93. The summed E-state index contributed by atoms with van der Waals surface area (Å²) in [4.78, 5) is 12.6. The Labute approximate surface area is 147 Å². The van der Waals surface area contributed by atoms with E-state index in [9.17, 15) is 9.18 Å². The lowest BCUT2D eigenvalue weighted by Gasteiger charge is -2.16. The van der Waals surface area contributed by atoms with E-state index >= 15 is 0 Å². The number of amides is 1. The summed E-state index contributed by atoms with van der Waals surface area (Å²) in [6, 6.07) is 12.2. The van der Waals surface area contributed by atoms with E-state index in [0.29, 0.717) is 42.9 Å². The number of hydrogen-bond acceptors (Lipinski definition) is 3. The first-order valence-corrected chi connectivity index (χ1v) is 8.35. The van der Waals surface area contributed by atoms with E-state index in [-0.39, 0.29) is 11.7 Å². The van der Waals surface area contributed by atoms with Crippen LogP contribution in [0.5, 0.6) is 11.5 Å². The van der Waals surface area contributed by atoms with Crippen molar-refractivity contribution < 1.29 is 18.7 Å². The van der Waals surface area contributed by atoms with Gasteiger partial charge in [-0.15, -0.1) is 0 Å².